The summed E-state index contributed by atoms with van der Waals surface area (Å²) in [6.07, 6.45) is 3.76. The molecule has 4 rings (SSSR count). The van der Waals surface area contributed by atoms with Crippen molar-refractivity contribution in [1.82, 2.24) is 8.61 Å². The summed E-state index contributed by atoms with van der Waals surface area (Å²) < 4.78 is 60.4. The number of rotatable bonds is 7. The minimum Gasteiger partial charge on any atom is -0.495 e. The Morgan fingerprint density at radius 2 is 1.74 bits per heavy atom. The smallest absolute Gasteiger partial charge is 0.252 e. The Bertz CT molecular complexity index is 1220. The van der Waals surface area contributed by atoms with Crippen molar-refractivity contribution in [1.29, 1.82) is 0 Å². The number of carbonyl (C=O) groups excluding carboxylic acids is 1. The van der Waals surface area contributed by atoms with E-state index in [4.69, 9.17) is 4.74 Å². The van der Waals surface area contributed by atoms with Gasteiger partial charge in [-0.1, -0.05) is 12.5 Å². The average molecular weight is 528 g/mol. The molecule has 2 aromatic rings. The van der Waals surface area contributed by atoms with Gasteiger partial charge in [-0.2, -0.15) is 8.61 Å². The lowest BCUT2D eigenvalue weighted by molar-refractivity contribution is -0.120. The first-order chi connectivity index (χ1) is 16.2. The minimum atomic E-state index is -3.68. The second kappa shape index (κ2) is 10.3. The van der Waals surface area contributed by atoms with Crippen LogP contribution in [0.25, 0.3) is 0 Å². The Morgan fingerprint density at radius 1 is 1.00 bits per heavy atom. The molecule has 2 aliphatic heterocycles. The van der Waals surface area contributed by atoms with Gasteiger partial charge in [0, 0.05) is 26.2 Å². The summed E-state index contributed by atoms with van der Waals surface area (Å²) >= 11 is 1.15. The van der Waals surface area contributed by atoms with E-state index in [1.165, 1.54) is 33.9 Å². The number of anilines is 1. The summed E-state index contributed by atoms with van der Waals surface area (Å²) in [6, 6.07) is 7.67. The molecule has 34 heavy (non-hydrogen) atoms. The number of nitrogens with zero attached hydrogens (tertiary/aromatic N) is 2. The van der Waals surface area contributed by atoms with E-state index < -0.39 is 26.0 Å². The molecule has 3 heterocycles. The lowest BCUT2D eigenvalue weighted by Gasteiger charge is -2.31. The molecule has 12 heteroatoms. The molecule has 0 saturated carbocycles. The summed E-state index contributed by atoms with van der Waals surface area (Å²) in [5.41, 5.74) is 0.254. The number of ether oxygens (including phenoxy) is 1. The van der Waals surface area contributed by atoms with Crippen LogP contribution in [0.1, 0.15) is 32.1 Å². The monoisotopic (exact) mass is 527 g/mol. The number of amides is 1. The van der Waals surface area contributed by atoms with Crippen LogP contribution >= 0.6 is 11.3 Å². The predicted octanol–water partition coefficient (Wildman–Crippen LogP) is 2.97. The first kappa shape index (κ1) is 25.1. The van der Waals surface area contributed by atoms with E-state index in [2.05, 4.69) is 5.32 Å². The van der Waals surface area contributed by atoms with Crippen molar-refractivity contribution in [3.8, 4) is 5.75 Å². The lowest BCUT2D eigenvalue weighted by Crippen LogP contribution is -2.43. The van der Waals surface area contributed by atoms with Crippen molar-refractivity contribution in [2.75, 3.05) is 38.6 Å². The summed E-state index contributed by atoms with van der Waals surface area (Å²) in [5.74, 6) is -0.586. The van der Waals surface area contributed by atoms with Crippen LogP contribution in [-0.4, -0.2) is 64.6 Å². The zero-order valence-electron chi connectivity index (χ0n) is 19.0. The fraction of sp³-hybridized carbons (Fsp3) is 0.500. The summed E-state index contributed by atoms with van der Waals surface area (Å²) in [6.45, 7) is 1.39. The van der Waals surface area contributed by atoms with E-state index in [-0.39, 0.29) is 27.2 Å². The van der Waals surface area contributed by atoms with Crippen molar-refractivity contribution in [3.05, 3.63) is 35.7 Å². The van der Waals surface area contributed by atoms with Crippen LogP contribution in [0, 0.1) is 5.92 Å². The Hall–Kier alpha value is -1.99. The SMILES string of the molecule is COc1ccc(S(=O)(=O)N2CCCCC2)cc1NC(=O)C1CCCN(S(=O)(=O)c2cccs2)C1. The summed E-state index contributed by atoms with van der Waals surface area (Å²) in [4.78, 5) is 13.2. The first-order valence-corrected chi connectivity index (χ1v) is 15.0. The molecule has 1 aromatic heterocycles. The van der Waals surface area contributed by atoms with Gasteiger partial charge in [-0.25, -0.2) is 16.8 Å². The highest BCUT2D eigenvalue weighted by molar-refractivity contribution is 7.91. The molecular weight excluding hydrogens is 498 g/mol. The summed E-state index contributed by atoms with van der Waals surface area (Å²) in [7, 11) is -5.89. The van der Waals surface area contributed by atoms with Gasteiger partial charge in [0.1, 0.15) is 9.96 Å². The van der Waals surface area contributed by atoms with Gasteiger partial charge in [0.2, 0.25) is 15.9 Å². The fourth-order valence-corrected chi connectivity index (χ4v) is 8.56. The molecule has 1 amide bonds. The van der Waals surface area contributed by atoms with E-state index >= 15 is 0 Å². The van der Waals surface area contributed by atoms with Crippen molar-refractivity contribution in [3.63, 3.8) is 0 Å². The second-order valence-electron chi connectivity index (χ2n) is 8.45. The maximum Gasteiger partial charge on any atom is 0.252 e. The van der Waals surface area contributed by atoms with E-state index in [1.807, 2.05) is 0 Å². The number of methoxy groups -OCH3 is 1. The number of sulfonamides is 2. The normalized spacial score (nSPS) is 20.7. The number of benzene rings is 1. The molecular formula is C22H29N3O6S3. The zero-order chi connectivity index (χ0) is 24.3. The van der Waals surface area contributed by atoms with Gasteiger partial charge in [-0.05, 0) is 55.3 Å². The molecule has 186 valence electrons. The molecule has 2 fully saturated rings. The Labute approximate surface area is 204 Å². The second-order valence-corrected chi connectivity index (χ2v) is 13.5. The predicted molar refractivity (Wildman–Crippen MR) is 130 cm³/mol. The molecule has 1 atom stereocenters. The molecule has 1 unspecified atom stereocenters. The van der Waals surface area contributed by atoms with Gasteiger partial charge in [-0.3, -0.25) is 4.79 Å². The maximum atomic E-state index is 13.1. The van der Waals surface area contributed by atoms with Crippen molar-refractivity contribution < 1.29 is 26.4 Å². The third-order valence-electron chi connectivity index (χ3n) is 6.23. The van der Waals surface area contributed by atoms with E-state index in [0.29, 0.717) is 38.2 Å². The van der Waals surface area contributed by atoms with Gasteiger partial charge in [0.25, 0.3) is 10.0 Å². The van der Waals surface area contributed by atoms with Gasteiger partial charge in [0.05, 0.1) is 23.6 Å². The number of thiophene rings is 1. The average Bonchev–Trinajstić information content (AvgIpc) is 3.41. The van der Waals surface area contributed by atoms with Crippen molar-refractivity contribution in [2.45, 2.75) is 41.2 Å². The first-order valence-electron chi connectivity index (χ1n) is 11.3. The minimum absolute atomic E-state index is 0.0696. The summed E-state index contributed by atoms with van der Waals surface area (Å²) in [5, 5.41) is 4.49. The Balaban J connectivity index is 1.52. The molecule has 9 nitrogen and oxygen atoms in total. The van der Waals surface area contributed by atoms with Crippen LogP contribution in [0.4, 0.5) is 5.69 Å². The van der Waals surface area contributed by atoms with Crippen LogP contribution in [0.5, 0.6) is 5.75 Å². The van der Waals surface area contributed by atoms with Crippen LogP contribution < -0.4 is 10.1 Å². The van der Waals surface area contributed by atoms with Gasteiger partial charge < -0.3 is 10.1 Å². The number of carbonyl (C=O) groups is 1. The largest absolute Gasteiger partial charge is 0.495 e. The molecule has 0 aliphatic carbocycles. The molecule has 2 saturated heterocycles. The molecule has 1 aromatic carbocycles. The number of piperidine rings is 2. The van der Waals surface area contributed by atoms with Gasteiger partial charge in [0.15, 0.2) is 0 Å². The number of hydrogen-bond donors (Lipinski definition) is 1. The molecule has 2 aliphatic rings. The van der Waals surface area contributed by atoms with E-state index in [0.717, 1.165) is 30.6 Å². The fourth-order valence-electron chi connectivity index (χ4n) is 4.35. The lowest BCUT2D eigenvalue weighted by atomic mass is 9.98. The van der Waals surface area contributed by atoms with Crippen LogP contribution in [-0.2, 0) is 24.8 Å². The topological polar surface area (TPSA) is 113 Å². The number of hydrogen-bond acceptors (Lipinski definition) is 7. The third-order valence-corrected chi connectivity index (χ3v) is 11.4. The Morgan fingerprint density at radius 3 is 2.41 bits per heavy atom. The van der Waals surface area contributed by atoms with Gasteiger partial charge in [-0.15, -0.1) is 11.3 Å². The van der Waals surface area contributed by atoms with Crippen LogP contribution in [0.3, 0.4) is 0 Å². The van der Waals surface area contributed by atoms with Crippen molar-refractivity contribution in [2.24, 2.45) is 5.92 Å². The van der Waals surface area contributed by atoms with Crippen LogP contribution in [0.2, 0.25) is 0 Å². The van der Waals surface area contributed by atoms with E-state index in [9.17, 15) is 21.6 Å². The molecule has 0 bridgehead atoms. The van der Waals surface area contributed by atoms with Gasteiger partial charge >= 0.3 is 0 Å². The third kappa shape index (κ3) is 5.15. The maximum absolute atomic E-state index is 13.1. The highest BCUT2D eigenvalue weighted by Gasteiger charge is 2.34. The standard InChI is InChI=1S/C22H29N3O6S3/c1-31-20-10-9-18(33(27,28)24-11-3-2-4-12-24)15-19(20)23-22(26)17-7-5-13-25(16-17)34(29,30)21-8-6-14-32-21/h6,8-10,14-15,17H,2-5,7,11-13,16H2,1H3,(H,23,26). The molecule has 1 N–H and O–H groups in total. The highest BCUT2D eigenvalue weighted by atomic mass is 32.2. The quantitative estimate of drug-likeness (QED) is 0.592. The molecule has 0 radical (unpaired) electrons. The number of nitrogens with one attached hydrogen (secondary N) is 1. The Kier molecular flexibility index (Phi) is 7.63. The van der Waals surface area contributed by atoms with Crippen molar-refractivity contribution >= 4 is 43.0 Å². The van der Waals surface area contributed by atoms with Crippen LogP contribution in [0.15, 0.2) is 44.8 Å². The highest BCUT2D eigenvalue weighted by Crippen LogP contribution is 2.32. The molecule has 0 spiro atoms. The van der Waals surface area contributed by atoms with E-state index in [1.54, 1.807) is 17.5 Å². The zero-order valence-corrected chi connectivity index (χ0v) is 21.4.